The van der Waals surface area contributed by atoms with Crippen LogP contribution in [0.4, 0.5) is 4.79 Å². The highest BCUT2D eigenvalue weighted by atomic mass is 16.6. The molecule has 1 saturated heterocycles. The minimum Gasteiger partial charge on any atom is -0.452 e. The number of amides is 2. The van der Waals surface area contributed by atoms with Crippen LogP contribution in [-0.2, 0) is 14.3 Å². The Balaban J connectivity index is 1.61. The number of rotatable bonds is 5. The summed E-state index contributed by atoms with van der Waals surface area (Å²) in [7, 11) is 0. The fourth-order valence-electron chi connectivity index (χ4n) is 3.06. The van der Waals surface area contributed by atoms with Gasteiger partial charge in [0, 0.05) is 11.8 Å². The van der Waals surface area contributed by atoms with Crippen molar-refractivity contribution < 1.29 is 23.9 Å². The van der Waals surface area contributed by atoms with E-state index in [-0.39, 0.29) is 18.7 Å². The molecule has 0 atom stereocenters. The number of cyclic esters (lactones) is 1. The van der Waals surface area contributed by atoms with Crippen LogP contribution in [0.3, 0.4) is 0 Å². The number of carbonyl (C=O) groups excluding carboxylic acids is 3. The number of aryl methyl sites for hydroxylation is 1. The standard InChI is InChI=1S/C22H19N3O5/c1-15-7-9-16(10-8-15)20-18(13-25(23-20)17-5-3-2-4-6-17)21(27)30-14-19(26)24-11-12-29-22(24)28/h2-10,13H,11-12,14H2,1H3. The maximum absolute atomic E-state index is 12.8. The van der Waals surface area contributed by atoms with E-state index in [1.807, 2.05) is 61.5 Å². The van der Waals surface area contributed by atoms with Gasteiger partial charge in [-0.3, -0.25) is 4.79 Å². The summed E-state index contributed by atoms with van der Waals surface area (Å²) >= 11 is 0. The molecule has 2 heterocycles. The second-order valence-electron chi connectivity index (χ2n) is 6.77. The first-order valence-corrected chi connectivity index (χ1v) is 9.39. The monoisotopic (exact) mass is 405 g/mol. The largest absolute Gasteiger partial charge is 0.452 e. The van der Waals surface area contributed by atoms with Gasteiger partial charge in [-0.1, -0.05) is 48.0 Å². The summed E-state index contributed by atoms with van der Waals surface area (Å²) in [5, 5.41) is 4.56. The average molecular weight is 405 g/mol. The molecule has 1 aliphatic heterocycles. The first-order valence-electron chi connectivity index (χ1n) is 9.39. The number of hydrogen-bond donors (Lipinski definition) is 0. The Hall–Kier alpha value is -3.94. The minimum atomic E-state index is -0.728. The number of imide groups is 1. The number of hydrogen-bond acceptors (Lipinski definition) is 6. The van der Waals surface area contributed by atoms with E-state index in [9.17, 15) is 14.4 Å². The number of para-hydroxylation sites is 1. The normalized spacial score (nSPS) is 13.2. The predicted molar refractivity (Wildman–Crippen MR) is 107 cm³/mol. The lowest BCUT2D eigenvalue weighted by Gasteiger charge is -2.10. The molecule has 3 aromatic rings. The second kappa shape index (κ2) is 8.20. The van der Waals surface area contributed by atoms with Crippen LogP contribution >= 0.6 is 0 Å². The van der Waals surface area contributed by atoms with Gasteiger partial charge < -0.3 is 9.47 Å². The highest BCUT2D eigenvalue weighted by Crippen LogP contribution is 2.25. The molecule has 2 aromatic carbocycles. The zero-order chi connectivity index (χ0) is 21.1. The molecule has 0 radical (unpaired) electrons. The first-order chi connectivity index (χ1) is 14.5. The number of carbonyl (C=O) groups is 3. The number of nitrogens with zero attached hydrogens (tertiary/aromatic N) is 3. The Morgan fingerprint density at radius 1 is 1.10 bits per heavy atom. The van der Waals surface area contributed by atoms with E-state index in [4.69, 9.17) is 9.47 Å². The van der Waals surface area contributed by atoms with Crippen LogP contribution in [0.25, 0.3) is 16.9 Å². The molecule has 152 valence electrons. The van der Waals surface area contributed by atoms with Gasteiger partial charge in [0.25, 0.3) is 5.91 Å². The highest BCUT2D eigenvalue weighted by Gasteiger charge is 2.29. The maximum Gasteiger partial charge on any atom is 0.416 e. The van der Waals surface area contributed by atoms with Crippen molar-refractivity contribution in [1.29, 1.82) is 0 Å². The van der Waals surface area contributed by atoms with E-state index < -0.39 is 24.6 Å². The SMILES string of the molecule is Cc1ccc(-c2nn(-c3ccccc3)cc2C(=O)OCC(=O)N2CCOC2=O)cc1. The molecule has 4 rings (SSSR count). The lowest BCUT2D eigenvalue weighted by molar-refractivity contribution is -0.131. The van der Waals surface area contributed by atoms with Crippen LogP contribution in [0.5, 0.6) is 0 Å². The summed E-state index contributed by atoms with van der Waals surface area (Å²) in [6.07, 6.45) is 0.842. The van der Waals surface area contributed by atoms with Crippen LogP contribution in [0.15, 0.2) is 60.8 Å². The molecule has 8 nitrogen and oxygen atoms in total. The van der Waals surface area contributed by atoms with Gasteiger partial charge in [0.15, 0.2) is 6.61 Å². The van der Waals surface area contributed by atoms with Crippen molar-refractivity contribution in [1.82, 2.24) is 14.7 Å². The summed E-state index contributed by atoms with van der Waals surface area (Å²) in [5.41, 5.74) is 3.27. The van der Waals surface area contributed by atoms with E-state index in [2.05, 4.69) is 5.10 Å². The zero-order valence-electron chi connectivity index (χ0n) is 16.3. The Morgan fingerprint density at radius 3 is 2.50 bits per heavy atom. The number of benzene rings is 2. The van der Waals surface area contributed by atoms with E-state index in [1.54, 1.807) is 10.9 Å². The molecule has 0 bridgehead atoms. The van der Waals surface area contributed by atoms with Crippen molar-refractivity contribution in [3.63, 3.8) is 0 Å². The minimum absolute atomic E-state index is 0.139. The second-order valence-corrected chi connectivity index (χ2v) is 6.77. The van der Waals surface area contributed by atoms with E-state index in [0.717, 1.165) is 21.7 Å². The topological polar surface area (TPSA) is 90.7 Å². The molecule has 0 aliphatic carbocycles. The molecular weight excluding hydrogens is 386 g/mol. The molecule has 0 spiro atoms. The first kappa shape index (κ1) is 19.4. The lowest BCUT2D eigenvalue weighted by atomic mass is 10.1. The fourth-order valence-corrected chi connectivity index (χ4v) is 3.06. The molecule has 30 heavy (non-hydrogen) atoms. The summed E-state index contributed by atoms with van der Waals surface area (Å²) in [6.45, 7) is 1.70. The van der Waals surface area contributed by atoms with E-state index in [0.29, 0.717) is 5.69 Å². The lowest BCUT2D eigenvalue weighted by Crippen LogP contribution is -2.35. The molecule has 0 N–H and O–H groups in total. The zero-order valence-corrected chi connectivity index (χ0v) is 16.3. The van der Waals surface area contributed by atoms with Crippen LogP contribution in [-0.4, -0.2) is 52.4 Å². The quantitative estimate of drug-likeness (QED) is 0.606. The fraction of sp³-hybridized carbons (Fsp3) is 0.182. The van der Waals surface area contributed by atoms with Gasteiger partial charge in [-0.15, -0.1) is 0 Å². The highest BCUT2D eigenvalue weighted by molar-refractivity contribution is 5.99. The van der Waals surface area contributed by atoms with Crippen molar-refractivity contribution >= 4 is 18.0 Å². The van der Waals surface area contributed by atoms with E-state index in [1.165, 1.54) is 0 Å². The molecular formula is C22H19N3O5. The average Bonchev–Trinajstić information content (AvgIpc) is 3.40. The van der Waals surface area contributed by atoms with Crippen LogP contribution in [0, 0.1) is 6.92 Å². The third-order valence-corrected chi connectivity index (χ3v) is 4.67. The molecule has 0 unspecified atom stereocenters. The molecule has 1 fully saturated rings. The predicted octanol–water partition coefficient (Wildman–Crippen LogP) is 2.98. The third-order valence-electron chi connectivity index (χ3n) is 4.67. The Bertz CT molecular complexity index is 1090. The smallest absolute Gasteiger partial charge is 0.416 e. The number of esters is 1. The molecule has 2 amide bonds. The van der Waals surface area contributed by atoms with E-state index >= 15 is 0 Å². The Morgan fingerprint density at radius 2 is 1.83 bits per heavy atom. The van der Waals surface area contributed by atoms with Gasteiger partial charge in [0.05, 0.1) is 12.2 Å². The summed E-state index contributed by atoms with van der Waals surface area (Å²) in [6, 6.07) is 16.9. The van der Waals surface area contributed by atoms with Crippen molar-refractivity contribution in [3.8, 4) is 16.9 Å². The summed E-state index contributed by atoms with van der Waals surface area (Å²) < 4.78 is 11.5. The molecule has 1 aliphatic rings. The maximum atomic E-state index is 12.8. The van der Waals surface area contributed by atoms with Crippen molar-refractivity contribution in [2.24, 2.45) is 0 Å². The Labute approximate surface area is 172 Å². The number of ether oxygens (including phenoxy) is 2. The van der Waals surface area contributed by atoms with Gasteiger partial charge in [-0.05, 0) is 19.1 Å². The van der Waals surface area contributed by atoms with Gasteiger partial charge >= 0.3 is 12.1 Å². The van der Waals surface area contributed by atoms with Gasteiger partial charge in [0.2, 0.25) is 0 Å². The van der Waals surface area contributed by atoms with Crippen LogP contribution in [0.1, 0.15) is 15.9 Å². The van der Waals surface area contributed by atoms with Gasteiger partial charge in [-0.2, -0.15) is 5.10 Å². The number of aromatic nitrogens is 2. The van der Waals surface area contributed by atoms with Crippen molar-refractivity contribution in [3.05, 3.63) is 71.9 Å². The van der Waals surface area contributed by atoms with Crippen LogP contribution in [0.2, 0.25) is 0 Å². The van der Waals surface area contributed by atoms with Gasteiger partial charge in [0.1, 0.15) is 17.9 Å². The van der Waals surface area contributed by atoms with Crippen molar-refractivity contribution in [2.45, 2.75) is 6.92 Å². The van der Waals surface area contributed by atoms with Crippen molar-refractivity contribution in [2.75, 3.05) is 19.8 Å². The Kier molecular flexibility index (Phi) is 5.30. The summed E-state index contributed by atoms with van der Waals surface area (Å²) in [4.78, 5) is 37.3. The molecule has 8 heteroatoms. The molecule has 0 saturated carbocycles. The molecule has 1 aromatic heterocycles. The summed E-state index contributed by atoms with van der Waals surface area (Å²) in [5.74, 6) is -1.33. The van der Waals surface area contributed by atoms with Gasteiger partial charge in [-0.25, -0.2) is 19.2 Å². The third kappa shape index (κ3) is 3.93. The van der Waals surface area contributed by atoms with Crippen LogP contribution < -0.4 is 0 Å².